The molecular weight excluding hydrogens is 284 g/mol. The van der Waals surface area contributed by atoms with Crippen molar-refractivity contribution in [3.63, 3.8) is 0 Å². The van der Waals surface area contributed by atoms with Crippen LogP contribution < -0.4 is 10.6 Å². The Morgan fingerprint density at radius 1 is 1.29 bits per heavy atom. The first-order valence-corrected chi connectivity index (χ1v) is 8.35. The summed E-state index contributed by atoms with van der Waals surface area (Å²) >= 11 is 1.82. The molecule has 5 nitrogen and oxygen atoms in total. The SMILES string of the molecule is NC(=O)C1CCN(c2ncnc3sc4c(c23)CCC4)CC1. The molecule has 4 rings (SSSR count). The van der Waals surface area contributed by atoms with E-state index in [1.54, 1.807) is 6.33 Å². The summed E-state index contributed by atoms with van der Waals surface area (Å²) in [7, 11) is 0. The molecular formula is C15H18N4OS. The molecule has 1 amide bonds. The third-order valence-electron chi connectivity index (χ3n) is 4.68. The number of rotatable bonds is 2. The largest absolute Gasteiger partial charge is 0.369 e. The van der Waals surface area contributed by atoms with Crippen LogP contribution in [-0.2, 0) is 17.6 Å². The number of aryl methyl sites for hydroxylation is 2. The van der Waals surface area contributed by atoms with Crippen molar-refractivity contribution in [2.75, 3.05) is 18.0 Å². The molecule has 2 aliphatic rings. The van der Waals surface area contributed by atoms with Gasteiger partial charge in [-0.05, 0) is 37.7 Å². The molecule has 2 aromatic heterocycles. The van der Waals surface area contributed by atoms with Gasteiger partial charge >= 0.3 is 0 Å². The Balaban J connectivity index is 1.70. The molecule has 3 heterocycles. The molecule has 0 atom stereocenters. The van der Waals surface area contributed by atoms with Gasteiger partial charge in [-0.1, -0.05) is 0 Å². The number of amides is 1. The number of nitrogens with two attached hydrogens (primary N) is 1. The fourth-order valence-electron chi connectivity index (χ4n) is 3.53. The molecule has 1 aliphatic carbocycles. The second kappa shape index (κ2) is 4.94. The van der Waals surface area contributed by atoms with Gasteiger partial charge in [0.15, 0.2) is 0 Å². The van der Waals surface area contributed by atoms with Crippen LogP contribution >= 0.6 is 11.3 Å². The second-order valence-electron chi connectivity index (χ2n) is 5.90. The number of carbonyl (C=O) groups is 1. The highest BCUT2D eigenvalue weighted by molar-refractivity contribution is 7.19. The second-order valence-corrected chi connectivity index (χ2v) is 6.98. The van der Waals surface area contributed by atoms with Crippen LogP contribution in [0.15, 0.2) is 6.33 Å². The molecule has 21 heavy (non-hydrogen) atoms. The predicted molar refractivity (Wildman–Crippen MR) is 83.6 cm³/mol. The van der Waals surface area contributed by atoms with Crippen molar-refractivity contribution < 1.29 is 4.79 Å². The lowest BCUT2D eigenvalue weighted by molar-refractivity contribution is -0.122. The predicted octanol–water partition coefficient (Wildman–Crippen LogP) is 1.88. The number of fused-ring (bicyclic) bond motifs is 3. The monoisotopic (exact) mass is 302 g/mol. The lowest BCUT2D eigenvalue weighted by Crippen LogP contribution is -2.39. The zero-order valence-corrected chi connectivity index (χ0v) is 12.7. The lowest BCUT2D eigenvalue weighted by atomic mass is 9.96. The number of carbonyl (C=O) groups excluding carboxylic acids is 1. The molecule has 0 spiro atoms. The maximum absolute atomic E-state index is 11.3. The molecule has 0 unspecified atom stereocenters. The normalized spacial score (nSPS) is 19.1. The third kappa shape index (κ3) is 2.09. The zero-order chi connectivity index (χ0) is 14.4. The van der Waals surface area contributed by atoms with Crippen molar-refractivity contribution >= 4 is 33.3 Å². The van der Waals surface area contributed by atoms with Crippen LogP contribution in [0.3, 0.4) is 0 Å². The molecule has 6 heteroatoms. The first-order chi connectivity index (χ1) is 10.2. The number of anilines is 1. The Bertz CT molecular complexity index is 703. The van der Waals surface area contributed by atoms with Gasteiger partial charge in [0, 0.05) is 23.9 Å². The van der Waals surface area contributed by atoms with E-state index in [4.69, 9.17) is 5.73 Å². The summed E-state index contributed by atoms with van der Waals surface area (Å²) < 4.78 is 0. The van der Waals surface area contributed by atoms with E-state index >= 15 is 0 Å². The van der Waals surface area contributed by atoms with Crippen molar-refractivity contribution in [3.8, 4) is 0 Å². The van der Waals surface area contributed by atoms with Gasteiger partial charge in [-0.2, -0.15) is 0 Å². The van der Waals surface area contributed by atoms with Gasteiger partial charge in [0.25, 0.3) is 0 Å². The minimum atomic E-state index is -0.168. The minimum absolute atomic E-state index is 0.0202. The molecule has 1 saturated heterocycles. The van der Waals surface area contributed by atoms with E-state index in [9.17, 15) is 4.79 Å². The quantitative estimate of drug-likeness (QED) is 0.919. The molecule has 110 valence electrons. The summed E-state index contributed by atoms with van der Waals surface area (Å²) in [6, 6.07) is 0. The number of piperidine rings is 1. The van der Waals surface area contributed by atoms with E-state index in [-0.39, 0.29) is 11.8 Å². The van der Waals surface area contributed by atoms with Crippen LogP contribution in [0.4, 0.5) is 5.82 Å². The average molecular weight is 302 g/mol. The number of nitrogens with zero attached hydrogens (tertiary/aromatic N) is 3. The summed E-state index contributed by atoms with van der Waals surface area (Å²) in [6.07, 6.45) is 6.89. The smallest absolute Gasteiger partial charge is 0.220 e. The maximum atomic E-state index is 11.3. The fourth-order valence-corrected chi connectivity index (χ4v) is 4.75. The Morgan fingerprint density at radius 2 is 2.10 bits per heavy atom. The Hall–Kier alpha value is -1.69. The molecule has 1 aliphatic heterocycles. The summed E-state index contributed by atoms with van der Waals surface area (Å²) in [5, 5.41) is 1.26. The Morgan fingerprint density at radius 3 is 2.86 bits per heavy atom. The number of thiophene rings is 1. The highest BCUT2D eigenvalue weighted by Gasteiger charge is 2.27. The van der Waals surface area contributed by atoms with Crippen molar-refractivity contribution in [3.05, 3.63) is 16.8 Å². The zero-order valence-electron chi connectivity index (χ0n) is 11.8. The van der Waals surface area contributed by atoms with Gasteiger partial charge in [-0.25, -0.2) is 9.97 Å². The van der Waals surface area contributed by atoms with E-state index in [2.05, 4.69) is 14.9 Å². The van der Waals surface area contributed by atoms with Gasteiger partial charge in [-0.15, -0.1) is 11.3 Å². The van der Waals surface area contributed by atoms with Gasteiger partial charge < -0.3 is 10.6 Å². The standard InChI is InChI=1S/C15H18N4OS/c16-13(20)9-4-6-19(7-5-9)14-12-10-2-1-3-11(10)21-15(12)18-8-17-14/h8-9H,1-7H2,(H2,16,20). The Kier molecular flexibility index (Phi) is 3.06. The van der Waals surface area contributed by atoms with E-state index < -0.39 is 0 Å². The van der Waals surface area contributed by atoms with Gasteiger partial charge in [-0.3, -0.25) is 4.79 Å². The van der Waals surface area contributed by atoms with Gasteiger partial charge in [0.1, 0.15) is 17.0 Å². The lowest BCUT2D eigenvalue weighted by Gasteiger charge is -2.31. The number of hydrogen-bond acceptors (Lipinski definition) is 5. The summed E-state index contributed by atoms with van der Waals surface area (Å²) in [5.74, 6) is 0.910. The summed E-state index contributed by atoms with van der Waals surface area (Å²) in [6.45, 7) is 1.70. The molecule has 0 radical (unpaired) electrons. The van der Waals surface area contributed by atoms with Crippen molar-refractivity contribution in [1.29, 1.82) is 0 Å². The van der Waals surface area contributed by atoms with Gasteiger partial charge in [0.2, 0.25) is 5.91 Å². The van der Waals surface area contributed by atoms with Crippen LogP contribution in [0.1, 0.15) is 29.7 Å². The third-order valence-corrected chi connectivity index (χ3v) is 5.88. The molecule has 2 N–H and O–H groups in total. The highest BCUT2D eigenvalue weighted by atomic mass is 32.1. The summed E-state index contributed by atoms with van der Waals surface area (Å²) in [4.78, 5) is 25.2. The molecule has 0 saturated carbocycles. The van der Waals surface area contributed by atoms with Crippen LogP contribution in [-0.4, -0.2) is 29.0 Å². The molecule has 2 aromatic rings. The number of aromatic nitrogens is 2. The maximum Gasteiger partial charge on any atom is 0.220 e. The first kappa shape index (κ1) is 13.0. The van der Waals surface area contributed by atoms with E-state index in [1.807, 2.05) is 11.3 Å². The van der Waals surface area contributed by atoms with Gasteiger partial charge in [0.05, 0.1) is 5.39 Å². The number of hydrogen-bond donors (Lipinski definition) is 1. The van der Waals surface area contributed by atoms with Crippen LogP contribution in [0, 0.1) is 5.92 Å². The number of primary amides is 1. The minimum Gasteiger partial charge on any atom is -0.369 e. The summed E-state index contributed by atoms with van der Waals surface area (Å²) in [5.41, 5.74) is 6.88. The van der Waals surface area contributed by atoms with Crippen LogP contribution in [0.5, 0.6) is 0 Å². The van der Waals surface area contributed by atoms with E-state index in [0.717, 1.165) is 43.0 Å². The molecule has 0 bridgehead atoms. The average Bonchev–Trinajstić information content (AvgIpc) is 3.07. The Labute approximate surface area is 127 Å². The van der Waals surface area contributed by atoms with Crippen molar-refractivity contribution in [1.82, 2.24) is 9.97 Å². The first-order valence-electron chi connectivity index (χ1n) is 7.53. The fraction of sp³-hybridized carbons (Fsp3) is 0.533. The van der Waals surface area contributed by atoms with Crippen LogP contribution in [0.25, 0.3) is 10.2 Å². The van der Waals surface area contributed by atoms with Crippen molar-refractivity contribution in [2.45, 2.75) is 32.1 Å². The molecule has 1 fully saturated rings. The topological polar surface area (TPSA) is 72.1 Å². The van der Waals surface area contributed by atoms with Crippen LogP contribution in [0.2, 0.25) is 0 Å². The van der Waals surface area contributed by atoms with Crippen molar-refractivity contribution in [2.24, 2.45) is 11.7 Å². The highest BCUT2D eigenvalue weighted by Crippen LogP contribution is 2.40. The molecule has 0 aromatic carbocycles. The van der Waals surface area contributed by atoms with E-state index in [1.165, 1.54) is 28.7 Å². The van der Waals surface area contributed by atoms with E-state index in [0.29, 0.717) is 0 Å².